The van der Waals surface area contributed by atoms with Crippen molar-refractivity contribution in [2.24, 2.45) is 0 Å². The van der Waals surface area contributed by atoms with Crippen LogP contribution in [-0.2, 0) is 12.6 Å². The first kappa shape index (κ1) is 18.0. The second-order valence-corrected chi connectivity index (χ2v) is 5.94. The maximum absolute atomic E-state index is 13.7. The molecule has 0 saturated heterocycles. The number of fused-ring (bicyclic) bond motifs is 1. The summed E-state index contributed by atoms with van der Waals surface area (Å²) in [7, 11) is 0. The Hall–Kier alpha value is -2.83. The van der Waals surface area contributed by atoms with Crippen molar-refractivity contribution in [3.05, 3.63) is 81.4 Å². The zero-order valence-corrected chi connectivity index (χ0v) is 13.4. The summed E-state index contributed by atoms with van der Waals surface area (Å²) in [5.74, 6) is -3.22. The van der Waals surface area contributed by atoms with E-state index in [1.807, 2.05) is 0 Å². The van der Waals surface area contributed by atoms with Crippen molar-refractivity contribution in [1.29, 1.82) is 0 Å². The fraction of sp³-hybridized carbons (Fsp3) is 0.158. The standard InChI is InChI=1S/C19H11F5O2/c1-9-13(6-10-2-5-15(16(21)7-10)19(22,23)24)18(26)14-8-11(20)3-4-12(14)17(9)25/h2-5,7-8H,6H2,1H3. The van der Waals surface area contributed by atoms with E-state index in [2.05, 4.69) is 0 Å². The number of alkyl halides is 3. The van der Waals surface area contributed by atoms with Crippen LogP contribution in [0.1, 0.15) is 38.8 Å². The molecule has 134 valence electrons. The predicted molar refractivity (Wildman–Crippen MR) is 82.9 cm³/mol. The lowest BCUT2D eigenvalue weighted by molar-refractivity contribution is -0.140. The third-order valence-electron chi connectivity index (χ3n) is 4.26. The van der Waals surface area contributed by atoms with Gasteiger partial charge in [-0.1, -0.05) is 6.07 Å². The number of benzene rings is 2. The van der Waals surface area contributed by atoms with Crippen LogP contribution in [0.2, 0.25) is 0 Å². The number of hydrogen-bond acceptors (Lipinski definition) is 2. The van der Waals surface area contributed by atoms with Crippen molar-refractivity contribution in [2.45, 2.75) is 19.5 Å². The van der Waals surface area contributed by atoms with Gasteiger partial charge >= 0.3 is 6.18 Å². The van der Waals surface area contributed by atoms with Crippen molar-refractivity contribution in [3.8, 4) is 0 Å². The smallest absolute Gasteiger partial charge is 0.289 e. The molecule has 0 radical (unpaired) electrons. The molecule has 0 N–H and O–H groups in total. The summed E-state index contributed by atoms with van der Waals surface area (Å²) in [5, 5.41) is 0. The van der Waals surface area contributed by atoms with Gasteiger partial charge in [-0.3, -0.25) is 9.59 Å². The Kier molecular flexibility index (Phi) is 4.26. The second-order valence-electron chi connectivity index (χ2n) is 5.94. The number of carbonyl (C=O) groups is 2. The Morgan fingerprint density at radius 1 is 0.885 bits per heavy atom. The molecule has 26 heavy (non-hydrogen) atoms. The van der Waals surface area contributed by atoms with Gasteiger partial charge in [0.1, 0.15) is 11.6 Å². The minimum absolute atomic E-state index is 0.00672. The number of ketones is 2. The van der Waals surface area contributed by atoms with Crippen LogP contribution in [0.15, 0.2) is 47.5 Å². The third kappa shape index (κ3) is 3.05. The number of hydrogen-bond donors (Lipinski definition) is 0. The molecule has 0 spiro atoms. The minimum Gasteiger partial charge on any atom is -0.289 e. The van der Waals surface area contributed by atoms with Crippen LogP contribution in [0.3, 0.4) is 0 Å². The molecule has 2 aromatic rings. The Morgan fingerprint density at radius 3 is 2.19 bits per heavy atom. The van der Waals surface area contributed by atoms with Gasteiger partial charge in [0.2, 0.25) is 0 Å². The molecule has 0 aliphatic heterocycles. The number of allylic oxidation sites excluding steroid dienone is 2. The lowest BCUT2D eigenvalue weighted by Gasteiger charge is -2.19. The van der Waals surface area contributed by atoms with E-state index in [1.54, 1.807) is 0 Å². The second kappa shape index (κ2) is 6.16. The Morgan fingerprint density at radius 2 is 1.58 bits per heavy atom. The van der Waals surface area contributed by atoms with Crippen LogP contribution >= 0.6 is 0 Å². The zero-order chi connectivity index (χ0) is 19.2. The lowest BCUT2D eigenvalue weighted by atomic mass is 9.82. The summed E-state index contributed by atoms with van der Waals surface area (Å²) >= 11 is 0. The minimum atomic E-state index is -4.83. The molecular weight excluding hydrogens is 355 g/mol. The zero-order valence-electron chi connectivity index (χ0n) is 13.4. The van der Waals surface area contributed by atoms with Gasteiger partial charge in [0.05, 0.1) is 5.56 Å². The molecule has 0 unspecified atom stereocenters. The van der Waals surface area contributed by atoms with Gasteiger partial charge in [-0.15, -0.1) is 0 Å². The van der Waals surface area contributed by atoms with E-state index < -0.39 is 34.9 Å². The lowest BCUT2D eigenvalue weighted by Crippen LogP contribution is -2.22. The number of rotatable bonds is 2. The summed E-state index contributed by atoms with van der Waals surface area (Å²) in [5.41, 5.74) is -1.24. The normalized spacial score (nSPS) is 14.7. The van der Waals surface area contributed by atoms with E-state index >= 15 is 0 Å². The van der Waals surface area contributed by atoms with Crippen LogP contribution in [0.25, 0.3) is 0 Å². The largest absolute Gasteiger partial charge is 0.419 e. The maximum Gasteiger partial charge on any atom is 0.419 e. The van der Waals surface area contributed by atoms with Crippen molar-refractivity contribution < 1.29 is 31.5 Å². The highest BCUT2D eigenvalue weighted by molar-refractivity contribution is 6.26. The van der Waals surface area contributed by atoms with Gasteiger partial charge in [-0.2, -0.15) is 13.2 Å². The fourth-order valence-electron chi connectivity index (χ4n) is 2.89. The van der Waals surface area contributed by atoms with Gasteiger partial charge in [0.25, 0.3) is 0 Å². The molecule has 0 saturated carbocycles. The molecule has 0 fully saturated rings. The van der Waals surface area contributed by atoms with Crippen molar-refractivity contribution in [1.82, 2.24) is 0 Å². The van der Waals surface area contributed by atoms with E-state index in [4.69, 9.17) is 0 Å². The molecule has 1 aliphatic carbocycles. The first-order valence-electron chi connectivity index (χ1n) is 7.54. The van der Waals surface area contributed by atoms with Gasteiger partial charge in [0.15, 0.2) is 11.6 Å². The SMILES string of the molecule is CC1=C(Cc2ccc(C(F)(F)F)c(F)c2)C(=O)c2cc(F)ccc2C1=O. The van der Waals surface area contributed by atoms with E-state index in [0.717, 1.165) is 18.2 Å². The van der Waals surface area contributed by atoms with E-state index in [0.29, 0.717) is 12.1 Å². The Bertz CT molecular complexity index is 970. The fourth-order valence-corrected chi connectivity index (χ4v) is 2.89. The Balaban J connectivity index is 2.00. The third-order valence-corrected chi connectivity index (χ3v) is 4.26. The highest BCUT2D eigenvalue weighted by Gasteiger charge is 2.34. The molecule has 1 aliphatic rings. The molecule has 2 aromatic carbocycles. The van der Waals surface area contributed by atoms with Gasteiger partial charge in [-0.25, -0.2) is 8.78 Å². The summed E-state index contributed by atoms with van der Waals surface area (Å²) < 4.78 is 65.0. The van der Waals surface area contributed by atoms with E-state index in [-0.39, 0.29) is 34.3 Å². The predicted octanol–water partition coefficient (Wildman–Crippen LogP) is 4.92. The maximum atomic E-state index is 13.7. The highest BCUT2D eigenvalue weighted by atomic mass is 19.4. The summed E-state index contributed by atoms with van der Waals surface area (Å²) in [6.45, 7) is 1.41. The molecule has 0 atom stereocenters. The van der Waals surface area contributed by atoms with Crippen molar-refractivity contribution in [3.63, 3.8) is 0 Å². The molecule has 0 heterocycles. The molecule has 0 bridgehead atoms. The quantitative estimate of drug-likeness (QED) is 0.707. The first-order chi connectivity index (χ1) is 12.1. The van der Waals surface area contributed by atoms with Gasteiger partial charge in [0, 0.05) is 28.7 Å². The summed E-state index contributed by atoms with van der Waals surface area (Å²) in [6.07, 6.45) is -5.06. The average molecular weight is 366 g/mol. The number of halogens is 5. The monoisotopic (exact) mass is 366 g/mol. The summed E-state index contributed by atoms with van der Waals surface area (Å²) in [6, 6.07) is 5.53. The topological polar surface area (TPSA) is 34.1 Å². The van der Waals surface area contributed by atoms with E-state index in [9.17, 15) is 31.5 Å². The molecule has 0 amide bonds. The van der Waals surface area contributed by atoms with Crippen LogP contribution in [0.5, 0.6) is 0 Å². The number of Topliss-reactive ketones (excluding diaryl/α,β-unsaturated/α-hetero) is 2. The molecular formula is C19H11F5O2. The van der Waals surface area contributed by atoms with Crippen LogP contribution in [-0.4, -0.2) is 11.6 Å². The summed E-state index contributed by atoms with van der Waals surface area (Å²) in [4.78, 5) is 25.0. The number of carbonyl (C=O) groups excluding carboxylic acids is 2. The van der Waals surface area contributed by atoms with Crippen LogP contribution < -0.4 is 0 Å². The first-order valence-corrected chi connectivity index (χ1v) is 7.54. The van der Waals surface area contributed by atoms with E-state index in [1.165, 1.54) is 13.0 Å². The van der Waals surface area contributed by atoms with Gasteiger partial charge < -0.3 is 0 Å². The molecule has 7 heteroatoms. The van der Waals surface area contributed by atoms with Crippen LogP contribution in [0, 0.1) is 11.6 Å². The van der Waals surface area contributed by atoms with Crippen molar-refractivity contribution in [2.75, 3.05) is 0 Å². The molecule has 3 rings (SSSR count). The molecule has 2 nitrogen and oxygen atoms in total. The van der Waals surface area contributed by atoms with Gasteiger partial charge in [-0.05, 0) is 42.8 Å². The van der Waals surface area contributed by atoms with Crippen molar-refractivity contribution >= 4 is 11.6 Å². The Labute approximate surface area is 144 Å². The highest BCUT2D eigenvalue weighted by Crippen LogP contribution is 2.33. The van der Waals surface area contributed by atoms with Crippen LogP contribution in [0.4, 0.5) is 22.0 Å². The molecule has 0 aromatic heterocycles. The average Bonchev–Trinajstić information content (AvgIpc) is 2.55.